The molecule has 0 saturated heterocycles. The van der Waals surface area contributed by atoms with Gasteiger partial charge in [0.15, 0.2) is 0 Å². The van der Waals surface area contributed by atoms with Crippen LogP contribution in [0.4, 0.5) is 0 Å². The van der Waals surface area contributed by atoms with Gasteiger partial charge < -0.3 is 4.74 Å². The highest BCUT2D eigenvalue weighted by atomic mass is 79.9. The van der Waals surface area contributed by atoms with Gasteiger partial charge in [0.1, 0.15) is 5.75 Å². The molecule has 1 aromatic carbocycles. The molecule has 0 heterocycles. The first-order valence-corrected chi connectivity index (χ1v) is 7.38. The van der Waals surface area contributed by atoms with Crippen molar-refractivity contribution in [3.8, 4) is 5.75 Å². The molecular weight excluding hydrogens is 323 g/mol. The molecular formula is C13H17BrCl2O. The zero-order chi connectivity index (χ0) is 13.1. The highest BCUT2D eigenvalue weighted by molar-refractivity contribution is 9.08. The lowest BCUT2D eigenvalue weighted by Crippen LogP contribution is -2.11. The van der Waals surface area contributed by atoms with Gasteiger partial charge in [-0.1, -0.05) is 59.9 Å². The molecule has 0 aromatic heterocycles. The van der Waals surface area contributed by atoms with E-state index in [4.69, 9.17) is 27.9 Å². The Hall–Kier alpha value is 0.0800. The zero-order valence-corrected chi connectivity index (χ0v) is 13.4. The van der Waals surface area contributed by atoms with Crippen molar-refractivity contribution < 1.29 is 4.74 Å². The first-order valence-electron chi connectivity index (χ1n) is 5.50. The summed E-state index contributed by atoms with van der Waals surface area (Å²) in [5.74, 6) is 0.734. The topological polar surface area (TPSA) is 9.23 Å². The average molecular weight is 340 g/mol. The van der Waals surface area contributed by atoms with E-state index < -0.39 is 0 Å². The second-order valence-corrected chi connectivity index (χ2v) is 6.57. The number of hydrogen-bond donors (Lipinski definition) is 0. The van der Waals surface area contributed by atoms with Gasteiger partial charge >= 0.3 is 0 Å². The summed E-state index contributed by atoms with van der Waals surface area (Å²) in [4.78, 5) is 0. The molecule has 4 heteroatoms. The van der Waals surface area contributed by atoms with Crippen LogP contribution in [0.25, 0.3) is 0 Å². The lowest BCUT2D eigenvalue weighted by atomic mass is 9.93. The van der Waals surface area contributed by atoms with Crippen LogP contribution in [0.15, 0.2) is 12.1 Å². The second kappa shape index (κ2) is 6.31. The Morgan fingerprint density at radius 2 is 1.88 bits per heavy atom. The predicted molar refractivity (Wildman–Crippen MR) is 78.7 cm³/mol. The zero-order valence-electron chi connectivity index (χ0n) is 10.3. The largest absolute Gasteiger partial charge is 0.492 e. The van der Waals surface area contributed by atoms with Crippen molar-refractivity contribution in [1.82, 2.24) is 0 Å². The fourth-order valence-electron chi connectivity index (χ4n) is 1.33. The van der Waals surface area contributed by atoms with E-state index in [1.54, 1.807) is 6.07 Å². The minimum atomic E-state index is 0.257. The van der Waals surface area contributed by atoms with Crippen molar-refractivity contribution in [3.05, 3.63) is 27.7 Å². The molecule has 0 bridgehead atoms. The monoisotopic (exact) mass is 338 g/mol. The summed E-state index contributed by atoms with van der Waals surface area (Å²) in [6, 6.07) is 3.58. The Labute approximate surface area is 122 Å². The van der Waals surface area contributed by atoms with Gasteiger partial charge in [0.05, 0.1) is 11.6 Å². The number of benzene rings is 1. The Bertz CT molecular complexity index is 386. The molecule has 0 aliphatic heterocycles. The second-order valence-electron chi connectivity index (χ2n) is 5.17. The van der Waals surface area contributed by atoms with Gasteiger partial charge in [0.25, 0.3) is 0 Å². The van der Waals surface area contributed by atoms with E-state index in [-0.39, 0.29) is 5.41 Å². The number of halogens is 3. The van der Waals surface area contributed by atoms with Gasteiger partial charge in [-0.15, -0.1) is 0 Å². The van der Waals surface area contributed by atoms with Crippen LogP contribution >= 0.6 is 39.1 Å². The number of alkyl halides is 1. The smallest absolute Gasteiger partial charge is 0.142 e. The Morgan fingerprint density at radius 3 is 2.41 bits per heavy atom. The number of ether oxygens (including phenoxy) is 1. The van der Waals surface area contributed by atoms with E-state index in [9.17, 15) is 0 Å². The van der Waals surface area contributed by atoms with Crippen LogP contribution in [0.1, 0.15) is 32.8 Å². The minimum Gasteiger partial charge on any atom is -0.492 e. The summed E-state index contributed by atoms with van der Waals surface area (Å²) < 4.78 is 5.77. The number of rotatable bonds is 4. The molecule has 0 spiro atoms. The molecule has 1 aromatic rings. The van der Waals surface area contributed by atoms with E-state index in [1.165, 1.54) is 0 Å². The van der Waals surface area contributed by atoms with Crippen molar-refractivity contribution in [3.63, 3.8) is 0 Å². The molecule has 0 fully saturated rings. The first-order chi connectivity index (χ1) is 7.83. The van der Waals surface area contributed by atoms with Gasteiger partial charge in [-0.2, -0.15) is 0 Å². The maximum atomic E-state index is 6.13. The molecule has 0 unspecified atom stereocenters. The summed E-state index contributed by atoms with van der Waals surface area (Å²) in [5, 5.41) is 1.88. The summed E-state index contributed by atoms with van der Waals surface area (Å²) >= 11 is 15.5. The lowest BCUT2D eigenvalue weighted by molar-refractivity contribution is 0.242. The molecule has 0 amide bonds. The summed E-state index contributed by atoms with van der Waals surface area (Å²) in [6.45, 7) is 7.21. The van der Waals surface area contributed by atoms with Crippen molar-refractivity contribution in [1.29, 1.82) is 0 Å². The van der Waals surface area contributed by atoms with E-state index in [0.29, 0.717) is 22.0 Å². The third-order valence-electron chi connectivity index (χ3n) is 2.33. The number of hydrogen-bond acceptors (Lipinski definition) is 1. The SMILES string of the molecule is CC(C)(C)CCOc1c(Cl)cc(Cl)cc1CBr. The Kier molecular flexibility index (Phi) is 5.62. The van der Waals surface area contributed by atoms with Gasteiger partial charge in [0, 0.05) is 15.9 Å². The van der Waals surface area contributed by atoms with Crippen LogP contribution in [-0.4, -0.2) is 6.61 Å². The van der Waals surface area contributed by atoms with Crippen molar-refractivity contribution in [2.75, 3.05) is 6.61 Å². The van der Waals surface area contributed by atoms with Gasteiger partial charge in [-0.05, 0) is 24.0 Å². The van der Waals surface area contributed by atoms with Crippen LogP contribution in [0, 0.1) is 5.41 Å². The highest BCUT2D eigenvalue weighted by Crippen LogP contribution is 2.34. The average Bonchev–Trinajstić information content (AvgIpc) is 2.18. The van der Waals surface area contributed by atoms with Crippen LogP contribution in [0.3, 0.4) is 0 Å². The van der Waals surface area contributed by atoms with Gasteiger partial charge in [-0.25, -0.2) is 0 Å². The minimum absolute atomic E-state index is 0.257. The van der Waals surface area contributed by atoms with Crippen LogP contribution in [0.5, 0.6) is 5.75 Å². The molecule has 1 nitrogen and oxygen atoms in total. The highest BCUT2D eigenvalue weighted by Gasteiger charge is 2.13. The first kappa shape index (κ1) is 15.1. The maximum absolute atomic E-state index is 6.13. The normalized spacial score (nSPS) is 11.6. The van der Waals surface area contributed by atoms with E-state index in [0.717, 1.165) is 17.7 Å². The molecule has 0 radical (unpaired) electrons. The van der Waals surface area contributed by atoms with E-state index in [1.807, 2.05) is 6.07 Å². The molecule has 0 N–H and O–H groups in total. The summed E-state index contributed by atoms with van der Waals surface area (Å²) in [5.41, 5.74) is 1.24. The van der Waals surface area contributed by atoms with Crippen molar-refractivity contribution in [2.24, 2.45) is 5.41 Å². The fourth-order valence-corrected chi connectivity index (χ4v) is 2.34. The molecule has 17 heavy (non-hydrogen) atoms. The Balaban J connectivity index is 2.76. The summed E-state index contributed by atoms with van der Waals surface area (Å²) in [7, 11) is 0. The van der Waals surface area contributed by atoms with Crippen LogP contribution in [-0.2, 0) is 5.33 Å². The maximum Gasteiger partial charge on any atom is 0.142 e. The molecule has 0 atom stereocenters. The predicted octanol–water partition coefficient (Wildman–Crippen LogP) is 5.70. The third-order valence-corrected chi connectivity index (χ3v) is 3.43. The molecule has 1 rings (SSSR count). The summed E-state index contributed by atoms with van der Waals surface area (Å²) in [6.07, 6.45) is 0.980. The third kappa shape index (κ3) is 5.07. The Morgan fingerprint density at radius 1 is 1.24 bits per heavy atom. The molecule has 0 saturated carbocycles. The van der Waals surface area contributed by atoms with Crippen molar-refractivity contribution in [2.45, 2.75) is 32.5 Å². The van der Waals surface area contributed by atoms with E-state index in [2.05, 4.69) is 36.7 Å². The molecule has 0 aliphatic carbocycles. The lowest BCUT2D eigenvalue weighted by Gasteiger charge is -2.19. The van der Waals surface area contributed by atoms with E-state index >= 15 is 0 Å². The van der Waals surface area contributed by atoms with Crippen molar-refractivity contribution >= 4 is 39.1 Å². The van der Waals surface area contributed by atoms with Crippen LogP contribution in [0.2, 0.25) is 10.0 Å². The fraction of sp³-hybridized carbons (Fsp3) is 0.538. The molecule has 0 aliphatic rings. The van der Waals surface area contributed by atoms with Gasteiger partial charge in [0.2, 0.25) is 0 Å². The van der Waals surface area contributed by atoms with Gasteiger partial charge in [-0.3, -0.25) is 0 Å². The standard InChI is InChI=1S/C13H17BrCl2O/c1-13(2,3)4-5-17-12-9(8-14)6-10(15)7-11(12)16/h6-7H,4-5,8H2,1-3H3. The van der Waals surface area contributed by atoms with Crippen LogP contribution < -0.4 is 4.74 Å². The quantitative estimate of drug-likeness (QED) is 0.639. The molecule has 96 valence electrons.